The van der Waals surface area contributed by atoms with Gasteiger partial charge in [0, 0.05) is 19.8 Å². The molecule has 0 bridgehead atoms. The molecule has 0 spiro atoms. The summed E-state index contributed by atoms with van der Waals surface area (Å²) >= 11 is 0. The molecule has 3 nitrogen and oxygen atoms in total. The van der Waals surface area contributed by atoms with Crippen LogP contribution in [0.3, 0.4) is 0 Å². The van der Waals surface area contributed by atoms with Crippen LogP contribution in [0.2, 0.25) is 12.6 Å². The molecule has 0 N–H and O–H groups in total. The number of hydrogen-bond acceptors (Lipinski definition) is 3. The molecule has 0 aliphatic heterocycles. The Morgan fingerprint density at radius 1 is 0.905 bits per heavy atom. The van der Waals surface area contributed by atoms with Crippen LogP contribution in [-0.2, 0) is 13.6 Å². The quantitative estimate of drug-likeness (QED) is 0.360. The number of ether oxygens (including phenoxy) is 1. The minimum absolute atomic E-state index is 0.00534. The third-order valence-corrected chi connectivity index (χ3v) is 5.61. The van der Waals surface area contributed by atoms with E-state index in [2.05, 4.69) is 4.74 Å². The van der Waals surface area contributed by atoms with Crippen LogP contribution < -0.4 is 0 Å². The third-order valence-electron chi connectivity index (χ3n) is 2.55. The molecule has 0 aromatic heterocycles. The molecule has 10 heteroatoms. The first-order valence-electron chi connectivity index (χ1n) is 6.49. The topological polar surface area (TPSA) is 27.7 Å². The van der Waals surface area contributed by atoms with Crippen molar-refractivity contribution in [1.29, 1.82) is 0 Å². The number of halogens is 6. The molecule has 0 saturated carbocycles. The maximum Gasteiger partial charge on any atom is 0.423 e. The lowest BCUT2D eigenvalue weighted by atomic mass is 10.3. The van der Waals surface area contributed by atoms with Crippen molar-refractivity contribution in [1.82, 2.24) is 0 Å². The van der Waals surface area contributed by atoms with Crippen LogP contribution in [0.5, 0.6) is 0 Å². The van der Waals surface area contributed by atoms with Crippen molar-refractivity contribution in [3.8, 4) is 0 Å². The van der Waals surface area contributed by atoms with Crippen LogP contribution in [-0.4, -0.2) is 46.8 Å². The second kappa shape index (κ2) is 8.35. The fraction of sp³-hybridized carbons (Fsp3) is 1.00. The van der Waals surface area contributed by atoms with Gasteiger partial charge in [-0.1, -0.05) is 0 Å². The van der Waals surface area contributed by atoms with Crippen molar-refractivity contribution in [2.75, 3.05) is 19.8 Å². The molecule has 0 fully saturated rings. The highest BCUT2D eigenvalue weighted by atomic mass is 28.4. The first-order valence-corrected chi connectivity index (χ1v) is 9.01. The second-order valence-electron chi connectivity index (χ2n) is 4.44. The highest BCUT2D eigenvalue weighted by Crippen LogP contribution is 2.35. The minimum atomic E-state index is -5.47. The maximum atomic E-state index is 12.2. The molecule has 0 saturated heterocycles. The highest BCUT2D eigenvalue weighted by Gasteiger charge is 2.57. The van der Waals surface area contributed by atoms with Crippen LogP contribution in [0.1, 0.15) is 20.3 Å². The van der Waals surface area contributed by atoms with E-state index in [1.807, 2.05) is 0 Å². The average molecular weight is 342 g/mol. The van der Waals surface area contributed by atoms with Crippen LogP contribution in [0.4, 0.5) is 26.3 Å². The lowest BCUT2D eigenvalue weighted by Crippen LogP contribution is -2.45. The Hall–Kier alpha value is -0.323. The molecule has 0 rings (SSSR count). The van der Waals surface area contributed by atoms with Crippen LogP contribution in [0, 0.1) is 0 Å². The van der Waals surface area contributed by atoms with E-state index in [4.69, 9.17) is 8.85 Å². The summed E-state index contributed by atoms with van der Waals surface area (Å²) in [6.45, 7) is 5.28. The van der Waals surface area contributed by atoms with Gasteiger partial charge in [-0.2, -0.15) is 26.3 Å². The molecule has 0 aromatic rings. The fourth-order valence-electron chi connectivity index (χ4n) is 1.77. The zero-order valence-electron chi connectivity index (χ0n) is 12.1. The van der Waals surface area contributed by atoms with Crippen LogP contribution in [0.15, 0.2) is 0 Å². The predicted molar refractivity (Wildman–Crippen MR) is 66.1 cm³/mol. The Kier molecular flexibility index (Phi) is 8.22. The summed E-state index contributed by atoms with van der Waals surface area (Å²) < 4.78 is 88.2. The molecular formula is C11H20F6O3Si. The second-order valence-corrected chi connectivity index (χ2v) is 7.78. The van der Waals surface area contributed by atoms with Crippen LogP contribution in [0.25, 0.3) is 0 Å². The van der Waals surface area contributed by atoms with Gasteiger partial charge in [0.2, 0.25) is 6.10 Å². The monoisotopic (exact) mass is 342 g/mol. The van der Waals surface area contributed by atoms with E-state index in [0.29, 0.717) is 13.2 Å². The number of alkyl halides is 6. The van der Waals surface area contributed by atoms with Crippen molar-refractivity contribution in [2.45, 2.75) is 51.3 Å². The molecule has 0 unspecified atom stereocenters. The van der Waals surface area contributed by atoms with Gasteiger partial charge >= 0.3 is 20.9 Å². The van der Waals surface area contributed by atoms with Gasteiger partial charge in [-0.25, -0.2) is 0 Å². The van der Waals surface area contributed by atoms with Gasteiger partial charge in [-0.3, -0.25) is 0 Å². The summed E-state index contributed by atoms with van der Waals surface area (Å²) in [4.78, 5) is 0. The molecule has 0 aliphatic carbocycles. The molecule has 0 aliphatic rings. The molecular weight excluding hydrogens is 322 g/mol. The van der Waals surface area contributed by atoms with Gasteiger partial charge in [0.25, 0.3) is 0 Å². The van der Waals surface area contributed by atoms with E-state index in [9.17, 15) is 26.3 Å². The standard InChI is InChI=1S/C11H20F6O3Si/c1-4-19-21(3,20-5-2)8-6-7-18-9(10(12,13)14)11(15,16)17/h9H,4-8H2,1-3H3. The Balaban J connectivity index is 4.39. The van der Waals surface area contributed by atoms with Crippen LogP contribution >= 0.6 is 0 Å². The summed E-state index contributed by atoms with van der Waals surface area (Å²) in [5, 5.41) is 0. The van der Waals surface area contributed by atoms with Crippen molar-refractivity contribution in [3.63, 3.8) is 0 Å². The lowest BCUT2D eigenvalue weighted by molar-refractivity contribution is -0.321. The average Bonchev–Trinajstić information content (AvgIpc) is 2.25. The highest BCUT2D eigenvalue weighted by molar-refractivity contribution is 6.66. The Bertz CT molecular complexity index is 275. The van der Waals surface area contributed by atoms with E-state index in [1.54, 1.807) is 20.4 Å². The van der Waals surface area contributed by atoms with Gasteiger partial charge in [-0.15, -0.1) is 0 Å². The number of rotatable bonds is 9. The van der Waals surface area contributed by atoms with E-state index < -0.39 is 33.6 Å². The van der Waals surface area contributed by atoms with Gasteiger partial charge in [0.15, 0.2) is 0 Å². The Morgan fingerprint density at radius 2 is 1.33 bits per heavy atom. The molecule has 0 radical (unpaired) electrons. The van der Waals surface area contributed by atoms with Crippen molar-refractivity contribution in [2.24, 2.45) is 0 Å². The molecule has 0 amide bonds. The van der Waals surface area contributed by atoms with E-state index in [1.165, 1.54) is 0 Å². The van der Waals surface area contributed by atoms with Gasteiger partial charge < -0.3 is 13.6 Å². The zero-order valence-corrected chi connectivity index (χ0v) is 13.1. The van der Waals surface area contributed by atoms with Gasteiger partial charge in [0.1, 0.15) is 0 Å². The van der Waals surface area contributed by atoms with E-state index in [0.717, 1.165) is 0 Å². The predicted octanol–water partition coefficient (Wildman–Crippen LogP) is 4.03. The normalized spacial score (nSPS) is 14.0. The van der Waals surface area contributed by atoms with Crippen molar-refractivity contribution in [3.05, 3.63) is 0 Å². The maximum absolute atomic E-state index is 12.2. The minimum Gasteiger partial charge on any atom is -0.395 e. The summed E-state index contributed by atoms with van der Waals surface area (Å²) in [6.07, 6.45) is -14.7. The fourth-order valence-corrected chi connectivity index (χ4v) is 4.15. The van der Waals surface area contributed by atoms with Gasteiger partial charge in [0.05, 0.1) is 0 Å². The zero-order chi connectivity index (χ0) is 16.7. The smallest absolute Gasteiger partial charge is 0.395 e. The van der Waals surface area contributed by atoms with Crippen molar-refractivity contribution >= 4 is 8.56 Å². The van der Waals surface area contributed by atoms with Gasteiger partial charge in [-0.05, 0) is 32.9 Å². The number of hydrogen-bond donors (Lipinski definition) is 0. The summed E-state index contributed by atoms with van der Waals surface area (Å²) in [6, 6.07) is 0.261. The summed E-state index contributed by atoms with van der Waals surface area (Å²) in [7, 11) is -2.56. The summed E-state index contributed by atoms with van der Waals surface area (Å²) in [5.41, 5.74) is 0. The third kappa shape index (κ3) is 8.03. The molecule has 0 aromatic carbocycles. The molecule has 128 valence electrons. The Morgan fingerprint density at radius 3 is 1.67 bits per heavy atom. The molecule has 0 atom stereocenters. The SMILES string of the molecule is CCO[Si](C)(CCCOC(C(F)(F)F)C(F)(F)F)OCC. The first-order chi connectivity index (χ1) is 9.46. The molecule has 0 heterocycles. The first kappa shape index (κ1) is 20.7. The van der Waals surface area contributed by atoms with Crippen molar-refractivity contribution < 1.29 is 39.9 Å². The van der Waals surface area contributed by atoms with E-state index >= 15 is 0 Å². The lowest BCUT2D eigenvalue weighted by Gasteiger charge is -2.27. The molecule has 21 heavy (non-hydrogen) atoms. The largest absolute Gasteiger partial charge is 0.423 e. The Labute approximate surface area is 120 Å². The summed E-state index contributed by atoms with van der Waals surface area (Å²) in [5.74, 6) is 0. The van der Waals surface area contributed by atoms with E-state index in [-0.39, 0.29) is 12.5 Å².